The summed E-state index contributed by atoms with van der Waals surface area (Å²) < 4.78 is 5.12. The molecule has 0 amide bonds. The maximum atomic E-state index is 12.3. The number of methoxy groups -OCH3 is 1. The van der Waals surface area contributed by atoms with Crippen LogP contribution < -0.4 is 21.2 Å². The SMILES string of the molecule is COc1ccc2nc(Nc3n[nH]c(=O)c4ccccc34)[nH]c(=O)c2c1. The minimum absolute atomic E-state index is 0.229. The molecule has 0 fully saturated rings. The van der Waals surface area contributed by atoms with Crippen molar-refractivity contribution in [2.45, 2.75) is 0 Å². The molecular weight excluding hydrogens is 322 g/mol. The molecule has 25 heavy (non-hydrogen) atoms. The van der Waals surface area contributed by atoms with Crippen molar-refractivity contribution < 1.29 is 4.74 Å². The maximum absolute atomic E-state index is 12.3. The van der Waals surface area contributed by atoms with Crippen molar-refractivity contribution in [3.8, 4) is 5.75 Å². The van der Waals surface area contributed by atoms with Crippen LogP contribution in [0.25, 0.3) is 21.7 Å². The summed E-state index contributed by atoms with van der Waals surface area (Å²) in [5, 5.41) is 10.9. The Morgan fingerprint density at radius 3 is 2.60 bits per heavy atom. The number of nitrogens with zero attached hydrogens (tertiary/aromatic N) is 2. The average Bonchev–Trinajstić information content (AvgIpc) is 2.64. The van der Waals surface area contributed by atoms with Gasteiger partial charge in [0.2, 0.25) is 5.95 Å². The third-order valence-electron chi connectivity index (χ3n) is 3.85. The molecule has 0 radical (unpaired) electrons. The topological polar surface area (TPSA) is 113 Å². The summed E-state index contributed by atoms with van der Waals surface area (Å²) in [4.78, 5) is 31.2. The first kappa shape index (κ1) is 14.9. The highest BCUT2D eigenvalue weighted by Crippen LogP contribution is 2.21. The van der Waals surface area contributed by atoms with Crippen LogP contribution in [0, 0.1) is 0 Å². The summed E-state index contributed by atoms with van der Waals surface area (Å²) in [6.45, 7) is 0. The first-order valence-corrected chi connectivity index (χ1v) is 7.48. The molecule has 8 nitrogen and oxygen atoms in total. The van der Waals surface area contributed by atoms with E-state index in [0.29, 0.717) is 33.2 Å². The van der Waals surface area contributed by atoms with E-state index in [4.69, 9.17) is 4.74 Å². The Bertz CT molecular complexity index is 1210. The van der Waals surface area contributed by atoms with Crippen LogP contribution in [0.3, 0.4) is 0 Å². The van der Waals surface area contributed by atoms with Crippen LogP contribution >= 0.6 is 0 Å². The normalized spacial score (nSPS) is 10.9. The second-order valence-corrected chi connectivity index (χ2v) is 5.37. The predicted octanol–water partition coefficient (Wildman–Crippen LogP) is 1.91. The van der Waals surface area contributed by atoms with Gasteiger partial charge in [-0.25, -0.2) is 10.1 Å². The van der Waals surface area contributed by atoms with Crippen LogP contribution in [0.2, 0.25) is 0 Å². The lowest BCUT2D eigenvalue weighted by molar-refractivity contribution is 0.415. The smallest absolute Gasteiger partial charge is 0.272 e. The highest BCUT2D eigenvalue weighted by Gasteiger charge is 2.09. The molecule has 4 rings (SSSR count). The van der Waals surface area contributed by atoms with E-state index in [2.05, 4.69) is 25.5 Å². The number of benzene rings is 2. The van der Waals surface area contributed by atoms with Crippen molar-refractivity contribution in [1.82, 2.24) is 20.2 Å². The molecule has 2 aromatic heterocycles. The third kappa shape index (κ3) is 2.59. The second-order valence-electron chi connectivity index (χ2n) is 5.37. The second kappa shape index (κ2) is 5.75. The van der Waals surface area contributed by atoms with E-state index in [1.807, 2.05) is 0 Å². The molecule has 0 bridgehead atoms. The average molecular weight is 335 g/mol. The van der Waals surface area contributed by atoms with E-state index in [1.54, 1.807) is 42.5 Å². The lowest BCUT2D eigenvalue weighted by Crippen LogP contribution is -2.14. The van der Waals surface area contributed by atoms with Crippen molar-refractivity contribution in [3.05, 3.63) is 63.2 Å². The molecule has 0 aliphatic carbocycles. The highest BCUT2D eigenvalue weighted by molar-refractivity contribution is 5.92. The zero-order valence-electron chi connectivity index (χ0n) is 13.2. The lowest BCUT2D eigenvalue weighted by Gasteiger charge is -2.08. The van der Waals surface area contributed by atoms with Gasteiger partial charge in [-0.05, 0) is 24.3 Å². The Morgan fingerprint density at radius 1 is 1.00 bits per heavy atom. The summed E-state index contributed by atoms with van der Waals surface area (Å²) in [6.07, 6.45) is 0. The van der Waals surface area contributed by atoms with Crippen molar-refractivity contribution in [2.75, 3.05) is 12.4 Å². The molecule has 0 spiro atoms. The maximum Gasteiger partial charge on any atom is 0.272 e. The summed E-state index contributed by atoms with van der Waals surface area (Å²) in [5.41, 5.74) is -0.0749. The van der Waals surface area contributed by atoms with Gasteiger partial charge >= 0.3 is 0 Å². The first-order chi connectivity index (χ1) is 12.2. The molecule has 0 saturated heterocycles. The van der Waals surface area contributed by atoms with Gasteiger partial charge in [0.1, 0.15) is 5.75 Å². The quantitative estimate of drug-likeness (QED) is 0.527. The number of H-pyrrole nitrogens is 2. The lowest BCUT2D eigenvalue weighted by atomic mass is 10.2. The van der Waals surface area contributed by atoms with Gasteiger partial charge in [0.05, 0.1) is 23.4 Å². The Hall–Kier alpha value is -3.68. The van der Waals surface area contributed by atoms with E-state index < -0.39 is 0 Å². The van der Waals surface area contributed by atoms with Crippen molar-refractivity contribution in [1.29, 1.82) is 0 Å². The van der Waals surface area contributed by atoms with E-state index in [1.165, 1.54) is 7.11 Å². The molecule has 0 atom stereocenters. The zero-order chi connectivity index (χ0) is 17.4. The molecule has 0 unspecified atom stereocenters. The molecular formula is C17H13N5O3. The van der Waals surface area contributed by atoms with E-state index in [-0.39, 0.29) is 17.1 Å². The Kier molecular flexibility index (Phi) is 3.42. The Morgan fingerprint density at radius 2 is 1.80 bits per heavy atom. The van der Waals surface area contributed by atoms with Crippen LogP contribution in [0.15, 0.2) is 52.1 Å². The predicted molar refractivity (Wildman–Crippen MR) is 94.6 cm³/mol. The number of fused-ring (bicyclic) bond motifs is 2. The number of aromatic nitrogens is 4. The largest absolute Gasteiger partial charge is 0.497 e. The Labute approximate surface area is 140 Å². The number of hydrogen-bond donors (Lipinski definition) is 3. The monoisotopic (exact) mass is 335 g/mol. The van der Waals surface area contributed by atoms with Gasteiger partial charge < -0.3 is 10.1 Å². The number of aromatic amines is 2. The highest BCUT2D eigenvalue weighted by atomic mass is 16.5. The number of nitrogens with one attached hydrogen (secondary N) is 3. The molecule has 124 valence electrons. The van der Waals surface area contributed by atoms with E-state index >= 15 is 0 Å². The summed E-state index contributed by atoms with van der Waals surface area (Å²) >= 11 is 0. The molecule has 2 aromatic carbocycles. The fourth-order valence-corrected chi connectivity index (χ4v) is 2.63. The van der Waals surface area contributed by atoms with Gasteiger partial charge in [-0.2, -0.15) is 5.10 Å². The van der Waals surface area contributed by atoms with Gasteiger partial charge in [0.25, 0.3) is 11.1 Å². The molecule has 0 saturated carbocycles. The van der Waals surface area contributed by atoms with Crippen LogP contribution in [0.1, 0.15) is 0 Å². The van der Waals surface area contributed by atoms with E-state index in [0.717, 1.165) is 0 Å². The standard InChI is InChI=1S/C17H13N5O3/c1-25-9-6-7-13-12(8-9)15(23)20-17(18-13)19-14-10-4-2-3-5-11(10)16(24)22-21-14/h2-8H,1H3,(H,22,24)(H2,18,19,20,21,23). The van der Waals surface area contributed by atoms with Gasteiger partial charge in [-0.1, -0.05) is 18.2 Å². The van der Waals surface area contributed by atoms with Crippen LogP contribution in [-0.2, 0) is 0 Å². The van der Waals surface area contributed by atoms with Crippen LogP contribution in [0.5, 0.6) is 5.75 Å². The molecule has 4 aromatic rings. The van der Waals surface area contributed by atoms with Crippen molar-refractivity contribution >= 4 is 33.4 Å². The summed E-state index contributed by atoms with van der Waals surface area (Å²) in [6, 6.07) is 12.1. The molecule has 0 aliphatic heterocycles. The van der Waals surface area contributed by atoms with Crippen molar-refractivity contribution in [2.24, 2.45) is 0 Å². The van der Waals surface area contributed by atoms with Gasteiger partial charge in [-0.3, -0.25) is 14.6 Å². The van der Waals surface area contributed by atoms with Gasteiger partial charge in [-0.15, -0.1) is 0 Å². The Balaban J connectivity index is 1.83. The van der Waals surface area contributed by atoms with Crippen LogP contribution in [-0.4, -0.2) is 27.3 Å². The number of ether oxygens (including phenoxy) is 1. The molecule has 2 heterocycles. The fraction of sp³-hybridized carbons (Fsp3) is 0.0588. The van der Waals surface area contributed by atoms with Crippen LogP contribution in [0.4, 0.5) is 11.8 Å². The van der Waals surface area contributed by atoms with E-state index in [9.17, 15) is 9.59 Å². The molecule has 8 heteroatoms. The van der Waals surface area contributed by atoms with Gasteiger partial charge in [0, 0.05) is 5.39 Å². The summed E-state index contributed by atoms with van der Waals surface area (Å²) in [5.74, 6) is 1.20. The molecule has 3 N–H and O–H groups in total. The zero-order valence-corrected chi connectivity index (χ0v) is 13.2. The van der Waals surface area contributed by atoms with Crippen molar-refractivity contribution in [3.63, 3.8) is 0 Å². The van der Waals surface area contributed by atoms with Gasteiger partial charge in [0.15, 0.2) is 5.82 Å². The third-order valence-corrected chi connectivity index (χ3v) is 3.85. The number of rotatable bonds is 3. The number of hydrogen-bond acceptors (Lipinski definition) is 6. The minimum atomic E-state index is -0.305. The fourth-order valence-electron chi connectivity index (χ4n) is 2.63. The first-order valence-electron chi connectivity index (χ1n) is 7.48. The minimum Gasteiger partial charge on any atom is -0.497 e. The molecule has 0 aliphatic rings. The number of anilines is 2. The summed E-state index contributed by atoms with van der Waals surface area (Å²) in [7, 11) is 1.53.